The molecular formula is C17H27Cl2N3O2. The molecule has 1 saturated carbocycles. The number of nitrogens with zero attached hydrogens (tertiary/aromatic N) is 1. The number of amides is 1. The summed E-state index contributed by atoms with van der Waals surface area (Å²) in [5.41, 5.74) is 7.25. The first kappa shape index (κ1) is 21.0. The third-order valence-corrected chi connectivity index (χ3v) is 4.94. The molecule has 0 unspecified atom stereocenters. The maximum absolute atomic E-state index is 12.5. The molecule has 7 heteroatoms. The predicted octanol–water partition coefficient (Wildman–Crippen LogP) is 3.09. The minimum Gasteiger partial charge on any atom is -0.397 e. The van der Waals surface area contributed by atoms with Crippen molar-refractivity contribution < 1.29 is 9.53 Å². The van der Waals surface area contributed by atoms with Crippen LogP contribution in [0.15, 0.2) is 24.3 Å². The number of nitrogen functional groups attached to an aromatic ring is 1. The van der Waals surface area contributed by atoms with Crippen molar-refractivity contribution in [3.05, 3.63) is 24.3 Å². The molecule has 3 N–H and O–H groups in total. The Labute approximate surface area is 156 Å². The molecule has 1 aliphatic heterocycles. The molecule has 1 aliphatic carbocycles. The van der Waals surface area contributed by atoms with Gasteiger partial charge in [-0.15, -0.1) is 24.8 Å². The highest BCUT2D eigenvalue weighted by atomic mass is 35.5. The van der Waals surface area contributed by atoms with E-state index in [0.29, 0.717) is 17.8 Å². The minimum atomic E-state index is 0. The van der Waals surface area contributed by atoms with Crippen molar-refractivity contribution in [3.63, 3.8) is 0 Å². The van der Waals surface area contributed by atoms with Crippen molar-refractivity contribution in [2.75, 3.05) is 37.4 Å². The van der Waals surface area contributed by atoms with Gasteiger partial charge in [0.15, 0.2) is 0 Å². The number of ether oxygens (including phenoxy) is 1. The Bertz CT molecular complexity index is 530. The highest BCUT2D eigenvalue weighted by molar-refractivity contribution is 5.94. The van der Waals surface area contributed by atoms with Crippen LogP contribution >= 0.6 is 24.8 Å². The van der Waals surface area contributed by atoms with Crippen LogP contribution in [0.3, 0.4) is 0 Å². The van der Waals surface area contributed by atoms with E-state index in [0.717, 1.165) is 39.1 Å². The van der Waals surface area contributed by atoms with Gasteiger partial charge in [-0.05, 0) is 25.0 Å². The van der Waals surface area contributed by atoms with Crippen LogP contribution in [0.2, 0.25) is 0 Å². The van der Waals surface area contributed by atoms with E-state index in [4.69, 9.17) is 10.5 Å². The van der Waals surface area contributed by atoms with Crippen molar-refractivity contribution in [1.29, 1.82) is 0 Å². The van der Waals surface area contributed by atoms with Crippen LogP contribution in [0.25, 0.3) is 0 Å². The van der Waals surface area contributed by atoms with Crippen LogP contribution in [-0.4, -0.2) is 42.6 Å². The molecule has 1 aromatic rings. The number of para-hydroxylation sites is 2. The van der Waals surface area contributed by atoms with E-state index < -0.39 is 0 Å². The molecule has 0 bridgehead atoms. The predicted molar refractivity (Wildman–Crippen MR) is 102 cm³/mol. The van der Waals surface area contributed by atoms with Crippen molar-refractivity contribution in [2.24, 2.45) is 0 Å². The molecule has 1 heterocycles. The number of rotatable bonds is 4. The first-order valence-corrected chi connectivity index (χ1v) is 8.17. The SMILES string of the molecule is Cl.Cl.Nc1ccccc1NC(=O)CC1(N2CCOCC2)CCCC1. The van der Waals surface area contributed by atoms with Gasteiger partial charge in [0.25, 0.3) is 0 Å². The first-order valence-electron chi connectivity index (χ1n) is 8.17. The van der Waals surface area contributed by atoms with E-state index in [1.807, 2.05) is 24.3 Å². The highest BCUT2D eigenvalue weighted by Gasteiger charge is 2.41. The lowest BCUT2D eigenvalue weighted by molar-refractivity contribution is -0.120. The molecule has 0 radical (unpaired) electrons. The topological polar surface area (TPSA) is 67.6 Å². The highest BCUT2D eigenvalue weighted by Crippen LogP contribution is 2.39. The molecule has 24 heavy (non-hydrogen) atoms. The standard InChI is InChI=1S/C17H25N3O2.2ClH/c18-14-5-1-2-6-15(14)19-16(21)13-17(7-3-4-8-17)20-9-11-22-12-10-20;;/h1-2,5-6H,3-4,7-13,18H2,(H,19,21);2*1H. The Kier molecular flexibility index (Phi) is 8.30. The fourth-order valence-corrected chi connectivity index (χ4v) is 3.78. The second-order valence-electron chi connectivity index (χ2n) is 6.34. The summed E-state index contributed by atoms with van der Waals surface area (Å²) in [5, 5.41) is 2.98. The van der Waals surface area contributed by atoms with Crippen molar-refractivity contribution in [2.45, 2.75) is 37.6 Å². The number of hydrogen-bond acceptors (Lipinski definition) is 4. The monoisotopic (exact) mass is 375 g/mol. The Morgan fingerprint density at radius 1 is 1.17 bits per heavy atom. The van der Waals surface area contributed by atoms with Crippen LogP contribution in [0, 0.1) is 0 Å². The molecule has 3 rings (SSSR count). The summed E-state index contributed by atoms with van der Waals surface area (Å²) in [6, 6.07) is 7.42. The van der Waals surface area contributed by atoms with E-state index >= 15 is 0 Å². The van der Waals surface area contributed by atoms with Crippen molar-refractivity contribution in [1.82, 2.24) is 4.90 Å². The first-order chi connectivity index (χ1) is 10.7. The van der Waals surface area contributed by atoms with Gasteiger partial charge in [0.1, 0.15) is 0 Å². The van der Waals surface area contributed by atoms with Crippen molar-refractivity contribution in [3.8, 4) is 0 Å². The van der Waals surface area contributed by atoms with Gasteiger partial charge in [-0.25, -0.2) is 0 Å². The average Bonchev–Trinajstić information content (AvgIpc) is 3.00. The Hall–Kier alpha value is -1.01. The van der Waals surface area contributed by atoms with Gasteiger partial charge in [0.2, 0.25) is 5.91 Å². The summed E-state index contributed by atoms with van der Waals surface area (Å²) in [6.45, 7) is 3.41. The molecule has 0 atom stereocenters. The molecule has 2 fully saturated rings. The van der Waals surface area contributed by atoms with E-state index in [-0.39, 0.29) is 36.3 Å². The third-order valence-electron chi connectivity index (χ3n) is 4.94. The van der Waals surface area contributed by atoms with Crippen LogP contribution in [0.5, 0.6) is 0 Å². The van der Waals surface area contributed by atoms with Crippen LogP contribution in [-0.2, 0) is 9.53 Å². The molecule has 2 aliphatic rings. The number of morpholine rings is 1. The van der Waals surface area contributed by atoms with Gasteiger partial charge in [0, 0.05) is 25.0 Å². The molecule has 0 aromatic heterocycles. The largest absolute Gasteiger partial charge is 0.397 e. The maximum atomic E-state index is 12.5. The third kappa shape index (κ3) is 4.76. The van der Waals surface area contributed by atoms with Gasteiger partial charge in [-0.3, -0.25) is 9.69 Å². The fourth-order valence-electron chi connectivity index (χ4n) is 3.78. The summed E-state index contributed by atoms with van der Waals surface area (Å²) >= 11 is 0. The lowest BCUT2D eigenvalue weighted by atomic mass is 9.90. The minimum absolute atomic E-state index is 0. The van der Waals surface area contributed by atoms with Crippen LogP contribution in [0.4, 0.5) is 11.4 Å². The molecule has 1 aromatic carbocycles. The number of nitrogens with one attached hydrogen (secondary N) is 1. The van der Waals surface area contributed by atoms with Crippen LogP contribution < -0.4 is 11.1 Å². The second kappa shape index (κ2) is 9.47. The Balaban J connectivity index is 0.00000144. The lowest BCUT2D eigenvalue weighted by Gasteiger charge is -2.43. The van der Waals surface area contributed by atoms with E-state index in [1.165, 1.54) is 12.8 Å². The zero-order chi connectivity index (χ0) is 15.4. The van der Waals surface area contributed by atoms with Crippen molar-refractivity contribution >= 4 is 42.1 Å². The fraction of sp³-hybridized carbons (Fsp3) is 0.588. The van der Waals surface area contributed by atoms with Gasteiger partial charge in [0.05, 0.1) is 24.6 Å². The summed E-state index contributed by atoms with van der Waals surface area (Å²) in [5.74, 6) is 0.0614. The molecule has 0 spiro atoms. The number of carbonyl (C=O) groups is 1. The smallest absolute Gasteiger partial charge is 0.226 e. The van der Waals surface area contributed by atoms with E-state index in [1.54, 1.807) is 0 Å². The zero-order valence-electron chi connectivity index (χ0n) is 13.8. The summed E-state index contributed by atoms with van der Waals surface area (Å²) < 4.78 is 5.46. The van der Waals surface area contributed by atoms with Crippen LogP contribution in [0.1, 0.15) is 32.1 Å². The number of nitrogens with two attached hydrogens (primary N) is 1. The van der Waals surface area contributed by atoms with E-state index in [2.05, 4.69) is 10.2 Å². The molecule has 5 nitrogen and oxygen atoms in total. The van der Waals surface area contributed by atoms with Gasteiger partial charge in [-0.2, -0.15) is 0 Å². The number of hydrogen-bond donors (Lipinski definition) is 2. The number of anilines is 2. The average molecular weight is 376 g/mol. The Morgan fingerprint density at radius 2 is 1.79 bits per heavy atom. The molecule has 136 valence electrons. The van der Waals surface area contributed by atoms with Gasteiger partial charge < -0.3 is 15.8 Å². The Morgan fingerprint density at radius 3 is 2.42 bits per heavy atom. The number of carbonyl (C=O) groups excluding carboxylic acids is 1. The molecule has 1 saturated heterocycles. The summed E-state index contributed by atoms with van der Waals surface area (Å²) in [7, 11) is 0. The second-order valence-corrected chi connectivity index (χ2v) is 6.34. The normalized spacial score (nSPS) is 19.8. The van der Waals surface area contributed by atoms with Gasteiger partial charge >= 0.3 is 0 Å². The maximum Gasteiger partial charge on any atom is 0.226 e. The van der Waals surface area contributed by atoms with Gasteiger partial charge in [-0.1, -0.05) is 25.0 Å². The zero-order valence-corrected chi connectivity index (χ0v) is 15.5. The van der Waals surface area contributed by atoms with E-state index in [9.17, 15) is 4.79 Å². The number of halogens is 2. The molecule has 1 amide bonds. The lowest BCUT2D eigenvalue weighted by Crippen LogP contribution is -2.53. The summed E-state index contributed by atoms with van der Waals surface area (Å²) in [4.78, 5) is 15.0. The quantitative estimate of drug-likeness (QED) is 0.793. The summed E-state index contributed by atoms with van der Waals surface area (Å²) in [6.07, 6.45) is 5.16. The number of benzene rings is 1. The molecular weight excluding hydrogens is 349 g/mol.